The van der Waals surface area contributed by atoms with Gasteiger partial charge in [-0.2, -0.15) is 4.99 Å². The largest absolute Gasteiger partial charge is 0.479 e. The molecule has 4 aliphatic heterocycles. The lowest BCUT2D eigenvalue weighted by molar-refractivity contribution is -0.156. The van der Waals surface area contributed by atoms with Gasteiger partial charge in [-0.15, -0.1) is 0 Å². The number of nitrogens with zero attached hydrogens (tertiary/aromatic N) is 4. The second kappa shape index (κ2) is 10.6. The Balaban J connectivity index is 1.51. The van der Waals surface area contributed by atoms with Gasteiger partial charge in [-0.25, -0.2) is 19.6 Å². The Morgan fingerprint density at radius 2 is 2.24 bits per heavy atom. The average Bonchev–Trinajstić information content (AvgIpc) is 3.34. The highest BCUT2D eigenvalue weighted by Gasteiger charge is 2.61. The minimum Gasteiger partial charge on any atom is -0.479 e. The van der Waals surface area contributed by atoms with Gasteiger partial charge in [0.05, 0.1) is 25.7 Å². The van der Waals surface area contributed by atoms with E-state index in [-0.39, 0.29) is 18.0 Å². The van der Waals surface area contributed by atoms with Gasteiger partial charge in [0, 0.05) is 0 Å². The first-order valence-corrected chi connectivity index (χ1v) is 13.4. The van der Waals surface area contributed by atoms with Crippen molar-refractivity contribution in [2.75, 3.05) is 26.3 Å². The van der Waals surface area contributed by atoms with E-state index >= 15 is 4.39 Å². The number of guanidine groups is 1. The standard InChI is InChI=1S/C20H31FN7O8P/c1-5-32-17-14-16(26-19(22)27-17)28(9-23-14)18-20(4,21)15-11(35-18)8-33-37(31,25-7-13(30)36-15)24-6-12(29)34-10(2)3/h9-11,14-16,18H,5-8H2,1-4H3,(H2,22,26)(H2,24,25,31)/t11?,14?,15?,16?,18-,20+,37?/m1/s1. The smallest absolute Gasteiger partial charge is 0.341 e. The van der Waals surface area contributed by atoms with Gasteiger partial charge < -0.3 is 34.1 Å². The van der Waals surface area contributed by atoms with Crippen LogP contribution in [0.4, 0.5) is 4.39 Å². The zero-order valence-corrected chi connectivity index (χ0v) is 21.7. The van der Waals surface area contributed by atoms with E-state index in [1.54, 1.807) is 20.8 Å². The molecule has 5 unspecified atom stereocenters. The molecule has 4 heterocycles. The normalized spacial score (nSPS) is 37.5. The van der Waals surface area contributed by atoms with Crippen molar-refractivity contribution in [2.24, 2.45) is 20.7 Å². The van der Waals surface area contributed by atoms with E-state index in [1.807, 2.05) is 0 Å². The molecule has 0 aromatic heterocycles. The molecule has 0 saturated carbocycles. The van der Waals surface area contributed by atoms with E-state index in [0.29, 0.717) is 6.61 Å². The van der Waals surface area contributed by atoms with Crippen LogP contribution in [0.1, 0.15) is 27.7 Å². The van der Waals surface area contributed by atoms with E-state index in [1.165, 1.54) is 18.2 Å². The molecular weight excluding hydrogens is 516 g/mol. The number of carbonyl (C=O) groups is 2. The van der Waals surface area contributed by atoms with Crippen molar-refractivity contribution in [1.29, 1.82) is 0 Å². The number of nitrogens with one attached hydrogen (secondary N) is 2. The average molecular weight is 547 g/mol. The third-order valence-electron chi connectivity index (χ3n) is 5.84. The number of halogens is 1. The zero-order valence-electron chi connectivity index (χ0n) is 20.8. The van der Waals surface area contributed by atoms with Crippen LogP contribution < -0.4 is 15.9 Å². The number of fused-ring (bicyclic) bond motifs is 2. The maximum atomic E-state index is 16.3. The van der Waals surface area contributed by atoms with Crippen LogP contribution >= 0.6 is 7.67 Å². The zero-order chi connectivity index (χ0) is 27.0. The molecule has 2 saturated heterocycles. The van der Waals surface area contributed by atoms with Crippen molar-refractivity contribution >= 4 is 37.8 Å². The molecule has 0 aromatic carbocycles. The number of nitrogens with two attached hydrogens (primary N) is 1. The lowest BCUT2D eigenvalue weighted by atomic mass is 9.97. The van der Waals surface area contributed by atoms with E-state index in [9.17, 15) is 14.2 Å². The highest BCUT2D eigenvalue weighted by Crippen LogP contribution is 2.44. The van der Waals surface area contributed by atoms with Gasteiger partial charge in [0.1, 0.15) is 19.2 Å². The molecule has 0 spiro atoms. The minimum atomic E-state index is -3.95. The van der Waals surface area contributed by atoms with Crippen LogP contribution in [0.3, 0.4) is 0 Å². The highest BCUT2D eigenvalue weighted by atomic mass is 31.2. The Labute approximate surface area is 212 Å². The van der Waals surface area contributed by atoms with E-state index in [0.717, 1.165) is 0 Å². The molecule has 0 aromatic rings. The van der Waals surface area contributed by atoms with Gasteiger partial charge in [-0.05, 0) is 27.7 Å². The van der Waals surface area contributed by atoms with E-state index < -0.39 is 75.6 Å². The molecule has 4 rings (SSSR count). The summed E-state index contributed by atoms with van der Waals surface area (Å²) in [5, 5.41) is 4.86. The molecule has 0 amide bonds. The number of rotatable bonds is 6. The van der Waals surface area contributed by atoms with Crippen molar-refractivity contribution in [1.82, 2.24) is 15.1 Å². The summed E-state index contributed by atoms with van der Waals surface area (Å²) in [7, 11) is -3.95. The molecular formula is C20H31FN7O8P. The third kappa shape index (κ3) is 5.77. The Hall–Kier alpha value is -2.65. The maximum Gasteiger partial charge on any atom is 0.341 e. The molecule has 4 aliphatic rings. The van der Waals surface area contributed by atoms with Crippen LogP contribution in [0.15, 0.2) is 15.0 Å². The van der Waals surface area contributed by atoms with Crippen molar-refractivity contribution in [2.45, 2.75) is 70.1 Å². The van der Waals surface area contributed by atoms with Crippen LogP contribution in [-0.4, -0.2) is 104 Å². The second-order valence-electron chi connectivity index (χ2n) is 9.08. The Bertz CT molecular complexity index is 1050. The predicted octanol–water partition coefficient (Wildman–Crippen LogP) is -0.578. The predicted molar refractivity (Wildman–Crippen MR) is 127 cm³/mol. The maximum absolute atomic E-state index is 16.3. The summed E-state index contributed by atoms with van der Waals surface area (Å²) in [6.07, 6.45) is -3.71. The van der Waals surface area contributed by atoms with Crippen LogP contribution in [0.5, 0.6) is 0 Å². The molecule has 2 fully saturated rings. The first-order chi connectivity index (χ1) is 17.4. The number of hydrogen-bond donors (Lipinski definition) is 3. The second-order valence-corrected chi connectivity index (χ2v) is 11.1. The SMILES string of the molecule is CCOC1=NC(N)=NC2C1N=CN2[C@@H]1OC2COP(=O)(NCC(=O)OC(C)C)NCC(=O)OC2[C@]1(C)F. The van der Waals surface area contributed by atoms with Gasteiger partial charge in [0.2, 0.25) is 11.9 Å². The van der Waals surface area contributed by atoms with Gasteiger partial charge >= 0.3 is 19.6 Å². The molecule has 0 radical (unpaired) electrons. The number of esters is 2. The topological polar surface area (TPSA) is 188 Å². The molecule has 37 heavy (non-hydrogen) atoms. The highest BCUT2D eigenvalue weighted by molar-refractivity contribution is 7.54. The fourth-order valence-corrected chi connectivity index (χ4v) is 5.62. The summed E-state index contributed by atoms with van der Waals surface area (Å²) in [6, 6.07) is -0.666. The molecule has 17 heteroatoms. The number of aliphatic imine (C=N–C) groups is 3. The summed E-state index contributed by atoms with van der Waals surface area (Å²) in [5.41, 5.74) is 3.57. The Kier molecular flexibility index (Phi) is 7.85. The molecule has 206 valence electrons. The fourth-order valence-electron chi connectivity index (χ4n) is 4.30. The van der Waals surface area contributed by atoms with Gasteiger partial charge in [0.25, 0.3) is 0 Å². The van der Waals surface area contributed by atoms with Crippen LogP contribution in [0, 0.1) is 0 Å². The van der Waals surface area contributed by atoms with Gasteiger partial charge in [-0.3, -0.25) is 19.1 Å². The number of ether oxygens (including phenoxy) is 4. The summed E-state index contributed by atoms with van der Waals surface area (Å²) < 4.78 is 56.9. The lowest BCUT2D eigenvalue weighted by Gasteiger charge is -2.36. The number of alkyl halides is 1. The molecule has 15 nitrogen and oxygen atoms in total. The summed E-state index contributed by atoms with van der Waals surface area (Å²) in [6.45, 7) is 5.19. The third-order valence-corrected chi connectivity index (χ3v) is 7.51. The fraction of sp³-hybridized carbons (Fsp3) is 0.750. The van der Waals surface area contributed by atoms with Crippen molar-refractivity contribution in [3.05, 3.63) is 0 Å². The molecule has 0 bridgehead atoms. The monoisotopic (exact) mass is 547 g/mol. The van der Waals surface area contributed by atoms with Crippen LogP contribution in [0.25, 0.3) is 0 Å². The molecule has 4 N–H and O–H groups in total. The summed E-state index contributed by atoms with van der Waals surface area (Å²) in [4.78, 5) is 38.5. The van der Waals surface area contributed by atoms with Gasteiger partial charge in [-0.1, -0.05) is 0 Å². The first-order valence-electron chi connectivity index (χ1n) is 11.8. The first kappa shape index (κ1) is 27.4. The molecule has 0 aliphatic carbocycles. The van der Waals surface area contributed by atoms with Crippen molar-refractivity contribution in [3.63, 3.8) is 0 Å². The van der Waals surface area contributed by atoms with E-state index in [4.69, 9.17) is 29.2 Å². The summed E-state index contributed by atoms with van der Waals surface area (Å²) in [5.74, 6) is -1.39. The Morgan fingerprint density at radius 1 is 1.49 bits per heavy atom. The number of hydrogen-bond acceptors (Lipinski definition) is 13. The molecule has 7 atom stereocenters. The summed E-state index contributed by atoms with van der Waals surface area (Å²) >= 11 is 0. The van der Waals surface area contributed by atoms with Crippen LogP contribution in [0.2, 0.25) is 0 Å². The lowest BCUT2D eigenvalue weighted by Crippen LogP contribution is -2.55. The number of carbonyl (C=O) groups excluding carboxylic acids is 2. The van der Waals surface area contributed by atoms with E-state index in [2.05, 4.69) is 25.2 Å². The quantitative estimate of drug-likeness (QED) is 0.284. The van der Waals surface area contributed by atoms with Crippen LogP contribution in [-0.2, 0) is 37.6 Å². The minimum absolute atomic E-state index is 0.0647. The van der Waals surface area contributed by atoms with Gasteiger partial charge in [0.15, 0.2) is 30.2 Å². The Morgan fingerprint density at radius 3 is 2.95 bits per heavy atom. The van der Waals surface area contributed by atoms with Crippen molar-refractivity contribution in [3.8, 4) is 0 Å². The van der Waals surface area contributed by atoms with Crippen molar-refractivity contribution < 1.29 is 42.0 Å².